The van der Waals surface area contributed by atoms with Crippen LogP contribution in [-0.4, -0.2) is 15.0 Å². The maximum Gasteiger partial charge on any atom is 0.199 e. The van der Waals surface area contributed by atoms with E-state index >= 15 is 0 Å². The van der Waals surface area contributed by atoms with Crippen LogP contribution in [0.1, 0.15) is 0 Å². The smallest absolute Gasteiger partial charge is 0.199 e. The fourth-order valence-corrected chi connectivity index (χ4v) is 4.14. The zero-order valence-electron chi connectivity index (χ0n) is 17.7. The standard InChI is InChI=1S/C29H19N3O/c1-3-11-20(12-4-1)22-15-7-8-16-23(22)26-24-17-9-10-18-25(24)27(33-26)29-31-19-30-28(32-29)21-13-5-2-6-14-21/h1-19H. The van der Waals surface area contributed by atoms with Gasteiger partial charge in [0.25, 0.3) is 0 Å². The molecule has 6 rings (SSSR count). The third-order valence-corrected chi connectivity index (χ3v) is 5.68. The quantitative estimate of drug-likeness (QED) is 0.298. The predicted molar refractivity (Wildman–Crippen MR) is 131 cm³/mol. The number of hydrogen-bond acceptors (Lipinski definition) is 4. The molecule has 0 bridgehead atoms. The summed E-state index contributed by atoms with van der Waals surface area (Å²) < 4.78 is 6.54. The number of hydrogen-bond donors (Lipinski definition) is 0. The maximum absolute atomic E-state index is 6.54. The highest BCUT2D eigenvalue weighted by Crippen LogP contribution is 2.41. The van der Waals surface area contributed by atoms with Crippen molar-refractivity contribution in [1.82, 2.24) is 15.0 Å². The monoisotopic (exact) mass is 425 g/mol. The van der Waals surface area contributed by atoms with E-state index in [9.17, 15) is 0 Å². The summed E-state index contributed by atoms with van der Waals surface area (Å²) in [5.74, 6) is 2.58. The van der Waals surface area contributed by atoms with Crippen LogP contribution in [0.3, 0.4) is 0 Å². The van der Waals surface area contributed by atoms with Gasteiger partial charge in [0.05, 0.1) is 0 Å². The van der Waals surface area contributed by atoms with Crippen molar-refractivity contribution < 1.29 is 4.42 Å². The summed E-state index contributed by atoms with van der Waals surface area (Å²) in [7, 11) is 0. The molecular weight excluding hydrogens is 406 g/mol. The van der Waals surface area contributed by atoms with Gasteiger partial charge in [-0.2, -0.15) is 0 Å². The number of rotatable bonds is 4. The molecule has 0 saturated carbocycles. The Morgan fingerprint density at radius 1 is 0.455 bits per heavy atom. The zero-order valence-corrected chi connectivity index (χ0v) is 17.7. The first-order valence-corrected chi connectivity index (χ1v) is 10.8. The van der Waals surface area contributed by atoms with Crippen LogP contribution in [0.2, 0.25) is 0 Å². The van der Waals surface area contributed by atoms with E-state index in [0.29, 0.717) is 17.4 Å². The second-order valence-corrected chi connectivity index (χ2v) is 7.72. The predicted octanol–water partition coefficient (Wildman–Crippen LogP) is 7.29. The lowest BCUT2D eigenvalue weighted by atomic mass is 9.96. The largest absolute Gasteiger partial charge is 0.451 e. The molecule has 0 aliphatic carbocycles. The van der Waals surface area contributed by atoms with E-state index in [0.717, 1.165) is 38.8 Å². The van der Waals surface area contributed by atoms with Gasteiger partial charge in [0.2, 0.25) is 0 Å². The Bertz CT molecular complexity index is 1560. The van der Waals surface area contributed by atoms with Crippen LogP contribution in [0.25, 0.3) is 56.2 Å². The molecule has 0 aliphatic rings. The highest BCUT2D eigenvalue weighted by molar-refractivity contribution is 6.04. The van der Waals surface area contributed by atoms with Gasteiger partial charge in [0.15, 0.2) is 17.4 Å². The van der Waals surface area contributed by atoms with Crippen molar-refractivity contribution in [3.05, 3.63) is 116 Å². The van der Waals surface area contributed by atoms with E-state index in [1.54, 1.807) is 6.33 Å². The minimum Gasteiger partial charge on any atom is -0.451 e. The fourth-order valence-electron chi connectivity index (χ4n) is 4.14. The minimum atomic E-state index is 0.517. The van der Waals surface area contributed by atoms with Gasteiger partial charge in [-0.1, -0.05) is 109 Å². The molecule has 4 aromatic carbocycles. The van der Waals surface area contributed by atoms with Crippen molar-refractivity contribution in [2.45, 2.75) is 0 Å². The number of fused-ring (bicyclic) bond motifs is 1. The van der Waals surface area contributed by atoms with Crippen molar-refractivity contribution in [1.29, 1.82) is 0 Å². The molecule has 33 heavy (non-hydrogen) atoms. The summed E-state index contributed by atoms with van der Waals surface area (Å²) in [5, 5.41) is 2.00. The van der Waals surface area contributed by atoms with Crippen molar-refractivity contribution in [3.63, 3.8) is 0 Å². The Hall–Kier alpha value is -4.57. The number of nitrogens with zero attached hydrogens (tertiary/aromatic N) is 3. The maximum atomic E-state index is 6.54. The van der Waals surface area contributed by atoms with E-state index in [4.69, 9.17) is 9.40 Å². The normalized spacial score (nSPS) is 11.0. The molecule has 2 aromatic heterocycles. The van der Waals surface area contributed by atoms with Crippen LogP contribution in [0.4, 0.5) is 0 Å². The highest BCUT2D eigenvalue weighted by atomic mass is 16.3. The first kappa shape index (κ1) is 19.1. The Balaban J connectivity index is 1.55. The zero-order chi connectivity index (χ0) is 22.0. The minimum absolute atomic E-state index is 0.517. The van der Waals surface area contributed by atoms with E-state index in [1.807, 2.05) is 66.7 Å². The van der Waals surface area contributed by atoms with Crippen LogP contribution in [-0.2, 0) is 0 Å². The molecule has 4 heteroatoms. The van der Waals surface area contributed by atoms with E-state index < -0.39 is 0 Å². The van der Waals surface area contributed by atoms with E-state index in [-0.39, 0.29) is 0 Å². The molecule has 0 atom stereocenters. The van der Waals surface area contributed by atoms with Gasteiger partial charge in [-0.25, -0.2) is 15.0 Å². The Morgan fingerprint density at radius 2 is 1.00 bits per heavy atom. The third-order valence-electron chi connectivity index (χ3n) is 5.68. The number of furan rings is 1. The topological polar surface area (TPSA) is 51.8 Å². The second-order valence-electron chi connectivity index (χ2n) is 7.72. The average Bonchev–Trinajstić information content (AvgIpc) is 3.29. The van der Waals surface area contributed by atoms with Gasteiger partial charge >= 0.3 is 0 Å². The first-order valence-electron chi connectivity index (χ1n) is 10.8. The second kappa shape index (κ2) is 8.17. The SMILES string of the molecule is c1ccc(-c2ncnc(-c3oc(-c4ccccc4-c4ccccc4)c4ccccc34)n2)cc1. The Kier molecular flexibility index (Phi) is 4.74. The van der Waals surface area contributed by atoms with Gasteiger partial charge in [-0.05, 0) is 11.1 Å². The average molecular weight is 425 g/mol. The van der Waals surface area contributed by atoms with E-state index in [2.05, 4.69) is 52.4 Å². The van der Waals surface area contributed by atoms with Crippen LogP contribution in [0.5, 0.6) is 0 Å². The molecule has 156 valence electrons. The number of benzene rings is 4. The summed E-state index contributed by atoms with van der Waals surface area (Å²) >= 11 is 0. The first-order chi connectivity index (χ1) is 16.4. The summed E-state index contributed by atoms with van der Waals surface area (Å²) in [6, 6.07) is 36.7. The van der Waals surface area contributed by atoms with Gasteiger partial charge in [-0.15, -0.1) is 0 Å². The molecular formula is C29H19N3O. The molecule has 0 saturated heterocycles. The van der Waals surface area contributed by atoms with Crippen molar-refractivity contribution in [3.8, 4) is 45.4 Å². The van der Waals surface area contributed by atoms with Crippen molar-refractivity contribution in [2.24, 2.45) is 0 Å². The van der Waals surface area contributed by atoms with Crippen LogP contribution in [0, 0.1) is 0 Å². The molecule has 0 spiro atoms. The molecule has 0 fully saturated rings. The Morgan fingerprint density at radius 3 is 1.73 bits per heavy atom. The molecule has 0 radical (unpaired) electrons. The lowest BCUT2D eigenvalue weighted by Gasteiger charge is -2.08. The van der Waals surface area contributed by atoms with Gasteiger partial charge in [-0.3, -0.25) is 0 Å². The molecule has 0 unspecified atom stereocenters. The van der Waals surface area contributed by atoms with Crippen LogP contribution < -0.4 is 0 Å². The van der Waals surface area contributed by atoms with Gasteiger partial charge in [0.1, 0.15) is 12.1 Å². The van der Waals surface area contributed by atoms with E-state index in [1.165, 1.54) is 0 Å². The van der Waals surface area contributed by atoms with Gasteiger partial charge < -0.3 is 4.42 Å². The number of aromatic nitrogens is 3. The molecule has 0 aliphatic heterocycles. The lowest BCUT2D eigenvalue weighted by Crippen LogP contribution is -1.94. The Labute approximate surface area is 191 Å². The van der Waals surface area contributed by atoms with Crippen LogP contribution >= 0.6 is 0 Å². The van der Waals surface area contributed by atoms with Gasteiger partial charge in [0, 0.05) is 21.9 Å². The molecule has 6 aromatic rings. The summed E-state index contributed by atoms with van der Waals surface area (Å²) in [6.07, 6.45) is 1.54. The molecule has 0 amide bonds. The molecule has 2 heterocycles. The summed E-state index contributed by atoms with van der Waals surface area (Å²) in [5.41, 5.74) is 4.22. The highest BCUT2D eigenvalue weighted by Gasteiger charge is 2.20. The van der Waals surface area contributed by atoms with Crippen molar-refractivity contribution in [2.75, 3.05) is 0 Å². The fraction of sp³-hybridized carbons (Fsp3) is 0. The third kappa shape index (κ3) is 3.48. The lowest BCUT2D eigenvalue weighted by molar-refractivity contribution is 0.596. The molecule has 0 N–H and O–H groups in total. The van der Waals surface area contributed by atoms with Crippen LogP contribution in [0.15, 0.2) is 120 Å². The van der Waals surface area contributed by atoms with Crippen molar-refractivity contribution >= 4 is 10.8 Å². The summed E-state index contributed by atoms with van der Waals surface area (Å²) in [6.45, 7) is 0. The molecule has 4 nitrogen and oxygen atoms in total. The summed E-state index contributed by atoms with van der Waals surface area (Å²) in [4.78, 5) is 13.6.